The number of carboxylic acid groups (broad SMARTS) is 1. The number of carboxylic acids is 1. The van der Waals surface area contributed by atoms with Gasteiger partial charge >= 0.3 is 29.6 Å². The van der Waals surface area contributed by atoms with Gasteiger partial charge < -0.3 is 9.90 Å². The van der Waals surface area contributed by atoms with Gasteiger partial charge in [-0.05, 0) is 18.8 Å². The van der Waals surface area contributed by atoms with Crippen LogP contribution in [-0.4, -0.2) is 5.97 Å². The molecule has 1 unspecified atom stereocenters. The zero-order chi connectivity index (χ0) is 9.40. The molecule has 72 valence electrons. The van der Waals surface area contributed by atoms with Crippen molar-refractivity contribution in [1.82, 2.24) is 0 Å². The van der Waals surface area contributed by atoms with Crippen LogP contribution in [0.5, 0.6) is 0 Å². The average Bonchev–Trinajstić information content (AvgIpc) is 2.04. The third kappa shape index (κ3) is 8.79. The van der Waals surface area contributed by atoms with Gasteiger partial charge in [0.1, 0.15) is 0 Å². The Balaban J connectivity index is 0. The van der Waals surface area contributed by atoms with E-state index in [-0.39, 0.29) is 35.5 Å². The van der Waals surface area contributed by atoms with E-state index < -0.39 is 5.97 Å². The van der Waals surface area contributed by atoms with Crippen molar-refractivity contribution in [3.63, 3.8) is 0 Å². The molecule has 0 aliphatic heterocycles. The van der Waals surface area contributed by atoms with Crippen LogP contribution < -0.4 is 34.7 Å². The van der Waals surface area contributed by atoms with Crippen LogP contribution in [-0.2, 0) is 4.79 Å². The summed E-state index contributed by atoms with van der Waals surface area (Å²) in [6.07, 6.45) is 6.08. The summed E-state index contributed by atoms with van der Waals surface area (Å²) in [6, 6.07) is 0. The second-order valence-electron chi connectivity index (χ2n) is 3.27. The van der Waals surface area contributed by atoms with E-state index in [9.17, 15) is 9.90 Å². The second kappa shape index (κ2) is 10.6. The Morgan fingerprint density at radius 1 is 1.23 bits per heavy atom. The van der Waals surface area contributed by atoms with Crippen LogP contribution in [0.4, 0.5) is 0 Å². The molecule has 3 heteroatoms. The van der Waals surface area contributed by atoms with E-state index in [1.165, 1.54) is 12.8 Å². The van der Waals surface area contributed by atoms with Crippen LogP contribution >= 0.6 is 0 Å². The summed E-state index contributed by atoms with van der Waals surface area (Å²) in [5.74, 6) is -1.10. The monoisotopic (exact) mass is 194 g/mol. The first kappa shape index (κ1) is 15.9. The van der Waals surface area contributed by atoms with Crippen LogP contribution in [0, 0.1) is 5.92 Å². The minimum atomic E-state index is -0.881. The van der Waals surface area contributed by atoms with Crippen molar-refractivity contribution in [3.05, 3.63) is 0 Å². The van der Waals surface area contributed by atoms with Crippen LogP contribution in [0.15, 0.2) is 0 Å². The summed E-state index contributed by atoms with van der Waals surface area (Å²) in [5.41, 5.74) is 0. The molecule has 2 nitrogen and oxygen atoms in total. The first-order valence-corrected chi connectivity index (χ1v) is 4.93. The minimum absolute atomic E-state index is 0. The summed E-state index contributed by atoms with van der Waals surface area (Å²) >= 11 is 0. The van der Waals surface area contributed by atoms with Gasteiger partial charge in [0.05, 0.1) is 0 Å². The standard InChI is InChI=1S/C10H20O2.Na/c1-3-5-6-7-8-9(4-2)10(11)12;/h9H,3-8H2,1-2H3,(H,11,12);/q;+1/p-1. The summed E-state index contributed by atoms with van der Waals surface area (Å²) in [5, 5.41) is 10.5. The van der Waals surface area contributed by atoms with Crippen molar-refractivity contribution in [1.29, 1.82) is 0 Å². The van der Waals surface area contributed by atoms with Crippen molar-refractivity contribution in [3.8, 4) is 0 Å². The molecule has 0 fully saturated rings. The van der Waals surface area contributed by atoms with Crippen LogP contribution in [0.25, 0.3) is 0 Å². The van der Waals surface area contributed by atoms with Crippen LogP contribution in [0.3, 0.4) is 0 Å². The molecule has 0 radical (unpaired) electrons. The van der Waals surface area contributed by atoms with E-state index in [1.807, 2.05) is 6.92 Å². The van der Waals surface area contributed by atoms with Crippen molar-refractivity contribution in [2.75, 3.05) is 0 Å². The average molecular weight is 194 g/mol. The number of aliphatic carboxylic acids is 1. The molecule has 0 spiro atoms. The fourth-order valence-corrected chi connectivity index (χ4v) is 1.31. The zero-order valence-corrected chi connectivity index (χ0v) is 11.1. The van der Waals surface area contributed by atoms with Crippen molar-refractivity contribution >= 4 is 5.97 Å². The Hall–Kier alpha value is 0.470. The van der Waals surface area contributed by atoms with E-state index in [2.05, 4.69) is 6.92 Å². The summed E-state index contributed by atoms with van der Waals surface area (Å²) < 4.78 is 0. The van der Waals surface area contributed by atoms with Gasteiger partial charge in [0.15, 0.2) is 0 Å². The number of rotatable bonds is 7. The molecule has 0 aromatic carbocycles. The predicted molar refractivity (Wildman–Crippen MR) is 47.5 cm³/mol. The topological polar surface area (TPSA) is 40.1 Å². The fraction of sp³-hybridized carbons (Fsp3) is 0.900. The Labute approximate surface area is 103 Å². The molecular formula is C10H19NaO2. The van der Waals surface area contributed by atoms with Crippen molar-refractivity contribution < 1.29 is 39.5 Å². The van der Waals surface area contributed by atoms with Crippen LogP contribution in [0.2, 0.25) is 0 Å². The van der Waals surface area contributed by atoms with Crippen molar-refractivity contribution in [2.45, 2.75) is 52.4 Å². The molecule has 0 heterocycles. The molecule has 0 aliphatic rings. The van der Waals surface area contributed by atoms with Gasteiger partial charge in [-0.15, -0.1) is 0 Å². The first-order chi connectivity index (χ1) is 5.72. The number of carbonyl (C=O) groups excluding carboxylic acids is 1. The van der Waals surface area contributed by atoms with Crippen LogP contribution in [0.1, 0.15) is 52.4 Å². The van der Waals surface area contributed by atoms with Gasteiger partial charge in [0.2, 0.25) is 0 Å². The largest absolute Gasteiger partial charge is 1.00 e. The Bertz CT molecular complexity index is 126. The number of hydrogen-bond acceptors (Lipinski definition) is 2. The SMILES string of the molecule is CCCCCCC(CC)C(=O)[O-].[Na+]. The fourth-order valence-electron chi connectivity index (χ4n) is 1.31. The zero-order valence-electron chi connectivity index (χ0n) is 9.14. The molecule has 0 rings (SSSR count). The minimum Gasteiger partial charge on any atom is -0.550 e. The van der Waals surface area contributed by atoms with Gasteiger partial charge in [-0.2, -0.15) is 0 Å². The predicted octanol–water partition coefficient (Wildman–Crippen LogP) is -1.26. The maximum atomic E-state index is 10.5. The normalized spacial score (nSPS) is 11.8. The molecule has 0 saturated carbocycles. The van der Waals surface area contributed by atoms with Crippen molar-refractivity contribution in [2.24, 2.45) is 5.92 Å². The van der Waals surface area contributed by atoms with Gasteiger partial charge in [0, 0.05) is 5.97 Å². The van der Waals surface area contributed by atoms with Gasteiger partial charge in [0.25, 0.3) is 0 Å². The summed E-state index contributed by atoms with van der Waals surface area (Å²) in [7, 11) is 0. The van der Waals surface area contributed by atoms with Gasteiger partial charge in [-0.25, -0.2) is 0 Å². The molecule has 0 saturated heterocycles. The van der Waals surface area contributed by atoms with E-state index in [0.29, 0.717) is 6.42 Å². The maximum absolute atomic E-state index is 10.5. The van der Waals surface area contributed by atoms with Gasteiger partial charge in [-0.1, -0.05) is 39.5 Å². The third-order valence-corrected chi connectivity index (χ3v) is 2.23. The Morgan fingerprint density at radius 3 is 2.23 bits per heavy atom. The van der Waals surface area contributed by atoms with Gasteiger partial charge in [-0.3, -0.25) is 0 Å². The van der Waals surface area contributed by atoms with E-state index in [4.69, 9.17) is 0 Å². The molecule has 0 bridgehead atoms. The molecule has 0 aromatic heterocycles. The first-order valence-electron chi connectivity index (χ1n) is 4.93. The molecule has 1 atom stereocenters. The number of carbonyl (C=O) groups is 1. The summed E-state index contributed by atoms with van der Waals surface area (Å²) in [4.78, 5) is 10.5. The number of hydrogen-bond donors (Lipinski definition) is 0. The Kier molecular flexibility index (Phi) is 12.9. The maximum Gasteiger partial charge on any atom is 1.00 e. The van der Waals surface area contributed by atoms with E-state index >= 15 is 0 Å². The molecule has 0 aliphatic carbocycles. The van der Waals surface area contributed by atoms with E-state index in [1.54, 1.807) is 0 Å². The third-order valence-electron chi connectivity index (χ3n) is 2.23. The second-order valence-corrected chi connectivity index (χ2v) is 3.27. The molecule has 0 aromatic rings. The molecule has 13 heavy (non-hydrogen) atoms. The molecular weight excluding hydrogens is 175 g/mol. The smallest absolute Gasteiger partial charge is 0.550 e. The quantitative estimate of drug-likeness (QED) is 0.375. The summed E-state index contributed by atoms with van der Waals surface area (Å²) in [6.45, 7) is 4.05. The Morgan fingerprint density at radius 2 is 1.85 bits per heavy atom. The molecule has 0 N–H and O–H groups in total. The molecule has 0 amide bonds. The number of unbranched alkanes of at least 4 members (excludes halogenated alkanes) is 3. The van der Waals surface area contributed by atoms with E-state index in [0.717, 1.165) is 19.3 Å².